The van der Waals surface area contributed by atoms with E-state index in [0.717, 1.165) is 19.3 Å². The predicted molar refractivity (Wildman–Crippen MR) is 74.4 cm³/mol. The second kappa shape index (κ2) is 5.42. The summed E-state index contributed by atoms with van der Waals surface area (Å²) >= 11 is 0. The molecule has 0 bridgehead atoms. The number of nitrogens with zero attached hydrogens (tertiary/aromatic N) is 3. The molecule has 3 rings (SSSR count). The van der Waals surface area contributed by atoms with Gasteiger partial charge in [-0.25, -0.2) is 0 Å². The first-order valence-electron chi connectivity index (χ1n) is 6.78. The molecule has 2 aromatic rings. The van der Waals surface area contributed by atoms with E-state index in [2.05, 4.69) is 15.5 Å². The molecule has 1 aromatic carbocycles. The lowest BCUT2D eigenvalue weighted by atomic mass is 10.1. The number of amides is 1. The van der Waals surface area contributed by atoms with Crippen molar-refractivity contribution in [2.75, 3.05) is 0 Å². The molecule has 104 valence electrons. The third-order valence-electron chi connectivity index (χ3n) is 3.67. The lowest BCUT2D eigenvalue weighted by molar-refractivity contribution is 0.0934. The van der Waals surface area contributed by atoms with Crippen molar-refractivity contribution < 1.29 is 4.79 Å². The van der Waals surface area contributed by atoms with Gasteiger partial charge in [-0.2, -0.15) is 15.0 Å². The number of nitrogens with two attached hydrogens (primary N) is 1. The monoisotopic (exact) mass is 271 g/mol. The molecule has 1 aliphatic rings. The van der Waals surface area contributed by atoms with Crippen LogP contribution in [0.15, 0.2) is 36.7 Å². The van der Waals surface area contributed by atoms with Crippen molar-refractivity contribution in [1.29, 1.82) is 0 Å². The maximum absolute atomic E-state index is 12.4. The molecule has 1 amide bonds. The van der Waals surface area contributed by atoms with Crippen LogP contribution in [0.25, 0.3) is 5.69 Å². The number of hydrogen-bond donors (Lipinski definition) is 2. The summed E-state index contributed by atoms with van der Waals surface area (Å²) in [5.74, 6) is -0.125. The Hall–Kier alpha value is -2.21. The van der Waals surface area contributed by atoms with Gasteiger partial charge < -0.3 is 11.1 Å². The van der Waals surface area contributed by atoms with Crippen LogP contribution in [0, 0.1) is 0 Å². The summed E-state index contributed by atoms with van der Waals surface area (Å²) in [6, 6.07) is 7.39. The average molecular weight is 271 g/mol. The van der Waals surface area contributed by atoms with Crippen LogP contribution in [-0.4, -0.2) is 33.0 Å². The SMILES string of the molecule is N[C@H]1CCCC1NC(=O)c1ccccc1-n1nccn1. The molecule has 1 unspecified atom stereocenters. The Balaban J connectivity index is 1.85. The van der Waals surface area contributed by atoms with Gasteiger partial charge >= 0.3 is 0 Å². The van der Waals surface area contributed by atoms with Crippen molar-refractivity contribution in [3.63, 3.8) is 0 Å². The minimum Gasteiger partial charge on any atom is -0.348 e. The van der Waals surface area contributed by atoms with E-state index in [1.807, 2.05) is 18.2 Å². The molecule has 3 N–H and O–H groups in total. The first-order chi connectivity index (χ1) is 9.75. The minimum absolute atomic E-state index is 0.0499. The Morgan fingerprint density at radius 2 is 2.00 bits per heavy atom. The zero-order valence-electron chi connectivity index (χ0n) is 11.1. The van der Waals surface area contributed by atoms with Crippen LogP contribution >= 0.6 is 0 Å². The van der Waals surface area contributed by atoms with Crippen LogP contribution in [0.5, 0.6) is 0 Å². The molecule has 20 heavy (non-hydrogen) atoms. The van der Waals surface area contributed by atoms with E-state index < -0.39 is 0 Å². The molecule has 2 atom stereocenters. The van der Waals surface area contributed by atoms with Gasteiger partial charge in [0, 0.05) is 12.1 Å². The van der Waals surface area contributed by atoms with Crippen LogP contribution in [0.4, 0.5) is 0 Å². The molecule has 0 spiro atoms. The number of nitrogens with one attached hydrogen (secondary N) is 1. The molecule has 1 aliphatic carbocycles. The van der Waals surface area contributed by atoms with Crippen molar-refractivity contribution in [2.24, 2.45) is 5.73 Å². The fourth-order valence-corrected chi connectivity index (χ4v) is 2.59. The summed E-state index contributed by atoms with van der Waals surface area (Å²) in [5, 5.41) is 11.2. The number of carbonyl (C=O) groups is 1. The Morgan fingerprint density at radius 1 is 1.25 bits per heavy atom. The second-order valence-corrected chi connectivity index (χ2v) is 5.01. The molecule has 6 heteroatoms. The summed E-state index contributed by atoms with van der Waals surface area (Å²) in [6.45, 7) is 0. The summed E-state index contributed by atoms with van der Waals surface area (Å²) < 4.78 is 0. The number of carbonyl (C=O) groups excluding carboxylic acids is 1. The lowest BCUT2D eigenvalue weighted by Crippen LogP contribution is -2.44. The van der Waals surface area contributed by atoms with Crippen molar-refractivity contribution >= 4 is 5.91 Å². The molecule has 0 saturated heterocycles. The fraction of sp³-hybridized carbons (Fsp3) is 0.357. The van der Waals surface area contributed by atoms with E-state index in [9.17, 15) is 4.79 Å². The molecule has 1 heterocycles. The van der Waals surface area contributed by atoms with Gasteiger partial charge in [0.25, 0.3) is 5.91 Å². The highest BCUT2D eigenvalue weighted by Crippen LogP contribution is 2.19. The summed E-state index contributed by atoms with van der Waals surface area (Å²) in [7, 11) is 0. The number of benzene rings is 1. The lowest BCUT2D eigenvalue weighted by Gasteiger charge is -2.18. The van der Waals surface area contributed by atoms with Gasteiger partial charge in [-0.1, -0.05) is 12.1 Å². The highest BCUT2D eigenvalue weighted by molar-refractivity contribution is 5.97. The first kappa shape index (κ1) is 12.8. The van der Waals surface area contributed by atoms with Gasteiger partial charge in [0.15, 0.2) is 0 Å². The van der Waals surface area contributed by atoms with Crippen molar-refractivity contribution in [3.8, 4) is 5.69 Å². The Kier molecular flexibility index (Phi) is 3.47. The topological polar surface area (TPSA) is 85.8 Å². The van der Waals surface area contributed by atoms with E-state index in [0.29, 0.717) is 11.3 Å². The largest absolute Gasteiger partial charge is 0.348 e. The van der Waals surface area contributed by atoms with Crippen molar-refractivity contribution in [1.82, 2.24) is 20.3 Å². The molecule has 1 saturated carbocycles. The van der Waals surface area contributed by atoms with Crippen molar-refractivity contribution in [2.45, 2.75) is 31.3 Å². The van der Waals surface area contributed by atoms with Crippen LogP contribution in [0.1, 0.15) is 29.6 Å². The van der Waals surface area contributed by atoms with Gasteiger partial charge in [-0.15, -0.1) is 0 Å². The quantitative estimate of drug-likeness (QED) is 0.867. The molecule has 1 fully saturated rings. The third kappa shape index (κ3) is 2.42. The van der Waals surface area contributed by atoms with Crippen molar-refractivity contribution in [3.05, 3.63) is 42.2 Å². The molecule has 0 aliphatic heterocycles. The third-order valence-corrected chi connectivity index (χ3v) is 3.67. The number of hydrogen-bond acceptors (Lipinski definition) is 4. The molecule has 0 radical (unpaired) electrons. The molecular formula is C14H17N5O. The highest BCUT2D eigenvalue weighted by Gasteiger charge is 2.26. The highest BCUT2D eigenvalue weighted by atomic mass is 16.1. The Labute approximate surface area is 117 Å². The fourth-order valence-electron chi connectivity index (χ4n) is 2.59. The maximum atomic E-state index is 12.4. The van der Waals surface area contributed by atoms with Crippen LogP contribution in [-0.2, 0) is 0 Å². The predicted octanol–water partition coefficient (Wildman–Crippen LogP) is 0.877. The smallest absolute Gasteiger partial charge is 0.253 e. The van der Waals surface area contributed by atoms with Gasteiger partial charge in [-0.05, 0) is 31.4 Å². The van der Waals surface area contributed by atoms with Gasteiger partial charge in [-0.3, -0.25) is 4.79 Å². The first-order valence-corrected chi connectivity index (χ1v) is 6.78. The molecule has 1 aromatic heterocycles. The minimum atomic E-state index is -0.125. The number of aromatic nitrogens is 3. The summed E-state index contributed by atoms with van der Waals surface area (Å²) in [6.07, 6.45) is 6.14. The van der Waals surface area contributed by atoms with E-state index in [1.54, 1.807) is 18.5 Å². The zero-order valence-corrected chi connectivity index (χ0v) is 11.1. The average Bonchev–Trinajstić information content (AvgIpc) is 3.11. The molecular weight excluding hydrogens is 254 g/mol. The number of rotatable bonds is 3. The normalized spacial score (nSPS) is 21.9. The second-order valence-electron chi connectivity index (χ2n) is 5.01. The van der Waals surface area contributed by atoms with Gasteiger partial charge in [0.05, 0.1) is 23.6 Å². The summed E-state index contributed by atoms with van der Waals surface area (Å²) in [5.41, 5.74) is 7.22. The van der Waals surface area contributed by atoms with E-state index >= 15 is 0 Å². The van der Waals surface area contributed by atoms with Crippen LogP contribution in [0.2, 0.25) is 0 Å². The van der Waals surface area contributed by atoms with E-state index in [-0.39, 0.29) is 18.0 Å². The summed E-state index contributed by atoms with van der Waals surface area (Å²) in [4.78, 5) is 13.9. The zero-order chi connectivity index (χ0) is 13.9. The van der Waals surface area contributed by atoms with E-state index in [4.69, 9.17) is 5.73 Å². The standard InChI is InChI=1S/C14H17N5O/c15-11-5-3-6-12(11)18-14(20)10-4-1-2-7-13(10)19-16-8-9-17-19/h1-2,4,7-9,11-12H,3,5-6,15H2,(H,18,20)/t11-,12?/m0/s1. The Morgan fingerprint density at radius 3 is 2.70 bits per heavy atom. The van der Waals surface area contributed by atoms with Crippen LogP contribution in [0.3, 0.4) is 0 Å². The number of para-hydroxylation sites is 1. The molecule has 6 nitrogen and oxygen atoms in total. The van der Waals surface area contributed by atoms with Gasteiger partial charge in [0.2, 0.25) is 0 Å². The van der Waals surface area contributed by atoms with E-state index in [1.165, 1.54) is 4.80 Å². The maximum Gasteiger partial charge on any atom is 0.253 e. The Bertz CT molecular complexity index is 595. The van der Waals surface area contributed by atoms with Crippen LogP contribution < -0.4 is 11.1 Å². The van der Waals surface area contributed by atoms with Gasteiger partial charge in [0.1, 0.15) is 0 Å².